The van der Waals surface area contributed by atoms with Crippen LogP contribution in [0.25, 0.3) is 0 Å². The Morgan fingerprint density at radius 1 is 1.35 bits per heavy atom. The molecule has 0 aromatic rings. The molecule has 0 aromatic heterocycles. The quantitative estimate of drug-likeness (QED) is 0.668. The van der Waals surface area contributed by atoms with Crippen LogP contribution in [0.4, 0.5) is 13.6 Å². The van der Waals surface area contributed by atoms with E-state index in [0.717, 1.165) is 0 Å². The van der Waals surface area contributed by atoms with Gasteiger partial charge in [-0.1, -0.05) is 13.8 Å². The van der Waals surface area contributed by atoms with E-state index >= 15 is 0 Å². The molecule has 1 rings (SSSR count). The number of carbonyl (C=O) groups excluding carboxylic acids is 2. The van der Waals surface area contributed by atoms with Crippen LogP contribution < -0.4 is 16.4 Å². The highest BCUT2D eigenvalue weighted by Crippen LogP contribution is 2.17. The van der Waals surface area contributed by atoms with Crippen molar-refractivity contribution in [3.63, 3.8) is 0 Å². The molecule has 136 valence electrons. The van der Waals surface area contributed by atoms with E-state index in [1.54, 1.807) is 4.90 Å². The van der Waals surface area contributed by atoms with Crippen LogP contribution in [0.1, 0.15) is 26.7 Å². The predicted molar refractivity (Wildman–Crippen MR) is 86.8 cm³/mol. The molecular formula is C14H27ClF2N4O2. The molecule has 0 saturated carbocycles. The summed E-state index contributed by atoms with van der Waals surface area (Å²) in [5, 5.41) is 5.02. The van der Waals surface area contributed by atoms with Gasteiger partial charge in [0.1, 0.15) is 0 Å². The van der Waals surface area contributed by atoms with Crippen LogP contribution in [-0.4, -0.2) is 55.5 Å². The summed E-state index contributed by atoms with van der Waals surface area (Å²) >= 11 is 0. The topological polar surface area (TPSA) is 87.5 Å². The van der Waals surface area contributed by atoms with E-state index in [1.165, 1.54) is 0 Å². The molecule has 3 amide bonds. The molecule has 0 aromatic carbocycles. The van der Waals surface area contributed by atoms with Crippen LogP contribution in [0, 0.1) is 11.8 Å². The number of likely N-dealkylation sites (tertiary alicyclic amines) is 1. The Bertz CT molecular complexity index is 397. The van der Waals surface area contributed by atoms with Crippen molar-refractivity contribution in [1.82, 2.24) is 15.5 Å². The zero-order valence-corrected chi connectivity index (χ0v) is 14.4. The smallest absolute Gasteiger partial charge is 0.317 e. The van der Waals surface area contributed by atoms with Crippen molar-refractivity contribution >= 4 is 24.3 Å². The standard InChI is InChI=1S/C14H26F2N4O2.ClH/c1-10(2)6-18-13(22)20-5-3-4-11(7-20)12(21)19-9-14(15,16)8-17;/h10-11H,3-9,17H2,1-2H3,(H,18,22)(H,19,21);1H. The van der Waals surface area contributed by atoms with Crippen LogP contribution >= 0.6 is 12.4 Å². The SMILES string of the molecule is CC(C)CNC(=O)N1CCCC(C(=O)NCC(F)(F)CN)C1.Cl. The van der Waals surface area contributed by atoms with Gasteiger partial charge in [0.05, 0.1) is 19.0 Å². The largest absolute Gasteiger partial charge is 0.350 e. The summed E-state index contributed by atoms with van der Waals surface area (Å²) < 4.78 is 26.1. The third kappa shape index (κ3) is 7.78. The van der Waals surface area contributed by atoms with Crippen LogP contribution in [-0.2, 0) is 4.79 Å². The van der Waals surface area contributed by atoms with Gasteiger partial charge in [0.15, 0.2) is 0 Å². The summed E-state index contributed by atoms with van der Waals surface area (Å²) in [6.07, 6.45) is 1.27. The van der Waals surface area contributed by atoms with Crippen molar-refractivity contribution in [2.45, 2.75) is 32.6 Å². The summed E-state index contributed by atoms with van der Waals surface area (Å²) in [4.78, 5) is 25.5. The molecule has 4 N–H and O–H groups in total. The molecule has 0 aliphatic carbocycles. The summed E-state index contributed by atoms with van der Waals surface area (Å²) in [5.41, 5.74) is 4.93. The first-order valence-electron chi connectivity index (χ1n) is 7.63. The van der Waals surface area contributed by atoms with Crippen LogP contribution in [0.15, 0.2) is 0 Å². The van der Waals surface area contributed by atoms with Gasteiger partial charge in [-0.05, 0) is 18.8 Å². The lowest BCUT2D eigenvalue weighted by Gasteiger charge is -2.32. The Morgan fingerprint density at radius 3 is 2.57 bits per heavy atom. The van der Waals surface area contributed by atoms with Crippen LogP contribution in [0.5, 0.6) is 0 Å². The Balaban J connectivity index is 0.00000484. The number of nitrogens with zero attached hydrogens (tertiary/aromatic N) is 1. The molecule has 1 unspecified atom stereocenters. The second kappa shape index (κ2) is 9.87. The van der Waals surface area contributed by atoms with Gasteiger partial charge in [-0.2, -0.15) is 0 Å². The van der Waals surface area contributed by atoms with Gasteiger partial charge >= 0.3 is 6.03 Å². The van der Waals surface area contributed by atoms with Crippen molar-refractivity contribution in [3.05, 3.63) is 0 Å². The number of piperidine rings is 1. The number of carbonyl (C=O) groups is 2. The van der Waals surface area contributed by atoms with E-state index in [9.17, 15) is 18.4 Å². The second-order valence-electron chi connectivity index (χ2n) is 6.14. The van der Waals surface area contributed by atoms with Crippen LogP contribution in [0.3, 0.4) is 0 Å². The molecule has 1 fully saturated rings. The molecule has 1 saturated heterocycles. The fourth-order valence-corrected chi connectivity index (χ4v) is 2.21. The molecule has 0 spiro atoms. The first kappa shape index (κ1) is 21.9. The number of nitrogens with two attached hydrogens (primary N) is 1. The van der Waals surface area contributed by atoms with E-state index in [1.807, 2.05) is 13.8 Å². The Hall–Kier alpha value is -1.15. The molecule has 0 radical (unpaired) electrons. The average molecular weight is 357 g/mol. The predicted octanol–water partition coefficient (Wildman–Crippen LogP) is 1.20. The van der Waals surface area contributed by atoms with E-state index in [-0.39, 0.29) is 25.0 Å². The fourth-order valence-electron chi connectivity index (χ4n) is 2.21. The molecule has 9 heteroatoms. The normalized spacial score (nSPS) is 18.3. The maximum Gasteiger partial charge on any atom is 0.317 e. The molecule has 1 aliphatic rings. The highest BCUT2D eigenvalue weighted by atomic mass is 35.5. The van der Waals surface area contributed by atoms with E-state index in [0.29, 0.717) is 31.8 Å². The molecule has 1 atom stereocenters. The minimum atomic E-state index is -3.10. The maximum absolute atomic E-state index is 13.0. The number of urea groups is 1. The highest BCUT2D eigenvalue weighted by molar-refractivity contribution is 5.85. The Morgan fingerprint density at radius 2 is 2.00 bits per heavy atom. The molecule has 6 nitrogen and oxygen atoms in total. The summed E-state index contributed by atoms with van der Waals surface area (Å²) in [5.74, 6) is -3.66. The summed E-state index contributed by atoms with van der Waals surface area (Å²) in [6.45, 7) is 3.81. The van der Waals surface area contributed by atoms with E-state index < -0.39 is 30.8 Å². The molecule has 23 heavy (non-hydrogen) atoms. The van der Waals surface area contributed by atoms with Crippen LogP contribution in [0.2, 0.25) is 0 Å². The minimum absolute atomic E-state index is 0. The van der Waals surface area contributed by atoms with Crippen molar-refractivity contribution in [1.29, 1.82) is 0 Å². The van der Waals surface area contributed by atoms with Gasteiger partial charge in [0, 0.05) is 19.6 Å². The van der Waals surface area contributed by atoms with Crippen molar-refractivity contribution < 1.29 is 18.4 Å². The third-order valence-corrected chi connectivity index (χ3v) is 3.56. The monoisotopic (exact) mass is 356 g/mol. The molecule has 1 aliphatic heterocycles. The van der Waals surface area contributed by atoms with Gasteiger partial charge in [-0.3, -0.25) is 4.79 Å². The van der Waals surface area contributed by atoms with Gasteiger partial charge in [-0.25, -0.2) is 13.6 Å². The number of halogens is 3. The second-order valence-corrected chi connectivity index (χ2v) is 6.14. The zero-order valence-electron chi connectivity index (χ0n) is 13.6. The number of hydrogen-bond donors (Lipinski definition) is 3. The van der Waals surface area contributed by atoms with Gasteiger partial charge in [0.25, 0.3) is 5.92 Å². The average Bonchev–Trinajstić information content (AvgIpc) is 2.50. The van der Waals surface area contributed by atoms with Gasteiger partial charge in [0.2, 0.25) is 5.91 Å². The number of amides is 3. The van der Waals surface area contributed by atoms with Gasteiger partial charge < -0.3 is 21.3 Å². The Labute approximate surface area is 141 Å². The maximum atomic E-state index is 13.0. The Kier molecular flexibility index (Phi) is 9.38. The summed E-state index contributed by atoms with van der Waals surface area (Å²) in [6, 6.07) is -0.210. The highest BCUT2D eigenvalue weighted by Gasteiger charge is 2.32. The lowest BCUT2D eigenvalue weighted by molar-refractivity contribution is -0.128. The van der Waals surface area contributed by atoms with Crippen molar-refractivity contribution in [3.8, 4) is 0 Å². The number of alkyl halides is 2. The lowest BCUT2D eigenvalue weighted by Crippen LogP contribution is -2.51. The minimum Gasteiger partial charge on any atom is -0.350 e. The molecule has 1 heterocycles. The summed E-state index contributed by atoms with van der Waals surface area (Å²) in [7, 11) is 0. The van der Waals surface area contributed by atoms with Crippen molar-refractivity contribution in [2.75, 3.05) is 32.7 Å². The molecule has 0 bridgehead atoms. The third-order valence-electron chi connectivity index (χ3n) is 3.56. The van der Waals surface area contributed by atoms with E-state index in [4.69, 9.17) is 5.73 Å². The molecular weight excluding hydrogens is 330 g/mol. The number of hydrogen-bond acceptors (Lipinski definition) is 3. The lowest BCUT2D eigenvalue weighted by atomic mass is 9.97. The first-order valence-corrected chi connectivity index (χ1v) is 7.63. The number of nitrogens with one attached hydrogen (secondary N) is 2. The first-order chi connectivity index (χ1) is 10.2. The van der Waals surface area contributed by atoms with Crippen molar-refractivity contribution in [2.24, 2.45) is 17.6 Å². The fraction of sp³-hybridized carbons (Fsp3) is 0.857. The number of rotatable bonds is 6. The zero-order chi connectivity index (χ0) is 16.8. The van der Waals surface area contributed by atoms with Gasteiger partial charge in [-0.15, -0.1) is 12.4 Å². The van der Waals surface area contributed by atoms with E-state index in [2.05, 4.69) is 10.6 Å².